The smallest absolute Gasteiger partial charge is 0.159 e. The predicted octanol–water partition coefficient (Wildman–Crippen LogP) is 2.33. The van der Waals surface area contributed by atoms with Crippen molar-refractivity contribution in [1.82, 2.24) is 0 Å². The number of hydrogen-bond donors (Lipinski definition) is 1. The van der Waals surface area contributed by atoms with Crippen molar-refractivity contribution in [2.45, 2.75) is 18.9 Å². The van der Waals surface area contributed by atoms with Crippen molar-refractivity contribution in [3.63, 3.8) is 0 Å². The average Bonchev–Trinajstić information content (AvgIpc) is 2.35. The van der Waals surface area contributed by atoms with Crippen LogP contribution in [0, 0.1) is 11.6 Å². The molecular weight excluding hydrogens is 196 g/mol. The number of nitrogens with two attached hydrogens (primary N) is 1. The molecule has 1 nitrogen and oxygen atoms in total. The van der Waals surface area contributed by atoms with Crippen molar-refractivity contribution in [3.8, 4) is 0 Å². The Kier molecular flexibility index (Phi) is 2.88. The van der Waals surface area contributed by atoms with Crippen LogP contribution in [0.3, 0.4) is 0 Å². The van der Waals surface area contributed by atoms with Crippen LogP contribution in [0.5, 0.6) is 0 Å². The molecule has 0 saturated carbocycles. The summed E-state index contributed by atoms with van der Waals surface area (Å²) >= 11 is 0. The van der Waals surface area contributed by atoms with E-state index >= 15 is 0 Å². The zero-order valence-corrected chi connectivity index (χ0v) is 7.70. The first-order valence-electron chi connectivity index (χ1n) is 3.92. The van der Waals surface area contributed by atoms with E-state index in [0.717, 1.165) is 24.0 Å². The van der Waals surface area contributed by atoms with Crippen LogP contribution >= 0.6 is 12.4 Å². The van der Waals surface area contributed by atoms with Gasteiger partial charge in [-0.3, -0.25) is 0 Å². The lowest BCUT2D eigenvalue weighted by Gasteiger charge is -2.04. The Balaban J connectivity index is 0.000000845. The van der Waals surface area contributed by atoms with Gasteiger partial charge >= 0.3 is 0 Å². The lowest BCUT2D eigenvalue weighted by atomic mass is 10.1. The summed E-state index contributed by atoms with van der Waals surface area (Å²) in [7, 11) is 0. The summed E-state index contributed by atoms with van der Waals surface area (Å²) in [5, 5.41) is 0. The highest BCUT2D eigenvalue weighted by Crippen LogP contribution is 2.30. The van der Waals surface area contributed by atoms with E-state index in [2.05, 4.69) is 0 Å². The second kappa shape index (κ2) is 3.60. The molecule has 1 aliphatic carbocycles. The van der Waals surface area contributed by atoms with Crippen LogP contribution in [0.4, 0.5) is 8.78 Å². The maximum Gasteiger partial charge on any atom is 0.159 e. The van der Waals surface area contributed by atoms with Gasteiger partial charge in [0.25, 0.3) is 0 Å². The Morgan fingerprint density at radius 3 is 2.54 bits per heavy atom. The molecule has 2 rings (SSSR count). The minimum absolute atomic E-state index is 0. The third-order valence-electron chi connectivity index (χ3n) is 2.31. The van der Waals surface area contributed by atoms with Gasteiger partial charge in [-0.25, -0.2) is 8.78 Å². The molecule has 72 valence electrons. The molecule has 0 unspecified atom stereocenters. The fraction of sp³-hybridized carbons (Fsp3) is 0.333. The number of halogens is 3. The molecule has 13 heavy (non-hydrogen) atoms. The number of hydrogen-bond acceptors (Lipinski definition) is 1. The van der Waals surface area contributed by atoms with Gasteiger partial charge in [0, 0.05) is 6.04 Å². The lowest BCUT2D eigenvalue weighted by molar-refractivity contribution is 0.506. The molecule has 0 aromatic heterocycles. The Bertz CT molecular complexity index is 328. The lowest BCUT2D eigenvalue weighted by Crippen LogP contribution is -2.05. The molecular formula is C9H10ClF2N. The fourth-order valence-electron chi connectivity index (χ4n) is 1.63. The van der Waals surface area contributed by atoms with Gasteiger partial charge in [0.2, 0.25) is 0 Å². The van der Waals surface area contributed by atoms with E-state index in [9.17, 15) is 8.78 Å². The maximum absolute atomic E-state index is 12.7. The average molecular weight is 206 g/mol. The van der Waals surface area contributed by atoms with Crippen molar-refractivity contribution >= 4 is 12.4 Å². The molecule has 1 aromatic carbocycles. The summed E-state index contributed by atoms with van der Waals surface area (Å²) < 4.78 is 25.4. The van der Waals surface area contributed by atoms with E-state index in [1.54, 1.807) is 0 Å². The van der Waals surface area contributed by atoms with Crippen molar-refractivity contribution < 1.29 is 8.78 Å². The van der Waals surface area contributed by atoms with Crippen LogP contribution in [0.25, 0.3) is 0 Å². The van der Waals surface area contributed by atoms with Crippen molar-refractivity contribution in [2.24, 2.45) is 5.73 Å². The molecule has 0 spiro atoms. The Labute approximate surface area is 81.3 Å². The van der Waals surface area contributed by atoms with Crippen LogP contribution in [-0.2, 0) is 6.42 Å². The van der Waals surface area contributed by atoms with Crippen LogP contribution < -0.4 is 5.73 Å². The third-order valence-corrected chi connectivity index (χ3v) is 2.31. The first kappa shape index (κ1) is 10.4. The zero-order chi connectivity index (χ0) is 8.72. The Morgan fingerprint density at radius 2 is 1.85 bits per heavy atom. The van der Waals surface area contributed by atoms with E-state index in [-0.39, 0.29) is 18.4 Å². The van der Waals surface area contributed by atoms with Crippen LogP contribution in [0.1, 0.15) is 23.6 Å². The first-order valence-corrected chi connectivity index (χ1v) is 3.92. The van der Waals surface area contributed by atoms with Gasteiger partial charge in [0.05, 0.1) is 0 Å². The normalized spacial score (nSPS) is 19.5. The molecule has 0 radical (unpaired) electrons. The predicted molar refractivity (Wildman–Crippen MR) is 48.9 cm³/mol. The molecule has 0 aliphatic heterocycles. The van der Waals surface area contributed by atoms with Crippen molar-refractivity contribution in [2.75, 3.05) is 0 Å². The van der Waals surface area contributed by atoms with E-state index in [0.29, 0.717) is 0 Å². The second-order valence-corrected chi connectivity index (χ2v) is 3.11. The standard InChI is InChI=1S/C9H9F2N.ClH/c10-7-3-5-1-2-9(12)6(5)4-8(7)11;/h3-4,9H,1-2,12H2;1H/t9-;/m1./s1. The summed E-state index contributed by atoms with van der Waals surface area (Å²) in [4.78, 5) is 0. The van der Waals surface area contributed by atoms with Gasteiger partial charge in [0.1, 0.15) is 0 Å². The number of fused-ring (bicyclic) bond motifs is 1. The highest BCUT2D eigenvalue weighted by molar-refractivity contribution is 5.85. The molecule has 0 amide bonds. The third kappa shape index (κ3) is 1.67. The molecule has 4 heteroatoms. The van der Waals surface area contributed by atoms with E-state index in [1.165, 1.54) is 12.1 Å². The number of benzene rings is 1. The largest absolute Gasteiger partial charge is 0.324 e. The molecule has 0 saturated heterocycles. The van der Waals surface area contributed by atoms with Gasteiger partial charge in [-0.05, 0) is 36.1 Å². The number of rotatable bonds is 0. The van der Waals surface area contributed by atoms with Crippen molar-refractivity contribution in [3.05, 3.63) is 34.9 Å². The molecule has 1 aliphatic rings. The van der Waals surface area contributed by atoms with Gasteiger partial charge in [-0.1, -0.05) is 0 Å². The Hall–Kier alpha value is -0.670. The minimum atomic E-state index is -0.800. The van der Waals surface area contributed by atoms with Crippen LogP contribution in [0.15, 0.2) is 12.1 Å². The van der Waals surface area contributed by atoms with E-state index < -0.39 is 11.6 Å². The summed E-state index contributed by atoms with van der Waals surface area (Å²) in [5.74, 6) is -1.58. The van der Waals surface area contributed by atoms with Gasteiger partial charge < -0.3 is 5.73 Å². The fourth-order valence-corrected chi connectivity index (χ4v) is 1.63. The van der Waals surface area contributed by atoms with Crippen LogP contribution in [-0.4, -0.2) is 0 Å². The second-order valence-electron chi connectivity index (χ2n) is 3.11. The highest BCUT2D eigenvalue weighted by Gasteiger charge is 2.21. The molecule has 1 atom stereocenters. The molecule has 0 heterocycles. The summed E-state index contributed by atoms with van der Waals surface area (Å²) in [6.45, 7) is 0. The molecule has 0 fully saturated rings. The topological polar surface area (TPSA) is 26.0 Å². The monoisotopic (exact) mass is 205 g/mol. The minimum Gasteiger partial charge on any atom is -0.324 e. The number of aryl methyl sites for hydroxylation is 1. The molecule has 0 bridgehead atoms. The van der Waals surface area contributed by atoms with Crippen LogP contribution in [0.2, 0.25) is 0 Å². The van der Waals surface area contributed by atoms with Gasteiger partial charge in [0.15, 0.2) is 11.6 Å². The molecule has 1 aromatic rings. The van der Waals surface area contributed by atoms with Crippen molar-refractivity contribution in [1.29, 1.82) is 0 Å². The SMILES string of the molecule is Cl.N[C@@H]1CCc2cc(F)c(F)cc21. The zero-order valence-electron chi connectivity index (χ0n) is 6.89. The Morgan fingerprint density at radius 1 is 1.23 bits per heavy atom. The summed E-state index contributed by atoms with van der Waals surface area (Å²) in [6.07, 6.45) is 1.55. The van der Waals surface area contributed by atoms with Gasteiger partial charge in [-0.2, -0.15) is 0 Å². The first-order chi connectivity index (χ1) is 5.68. The maximum atomic E-state index is 12.7. The summed E-state index contributed by atoms with van der Waals surface area (Å²) in [5.41, 5.74) is 7.28. The quantitative estimate of drug-likeness (QED) is 0.691. The van der Waals surface area contributed by atoms with E-state index in [1.807, 2.05) is 0 Å². The van der Waals surface area contributed by atoms with E-state index in [4.69, 9.17) is 5.73 Å². The summed E-state index contributed by atoms with van der Waals surface area (Å²) in [6, 6.07) is 2.34. The highest BCUT2D eigenvalue weighted by atomic mass is 35.5. The molecule has 2 N–H and O–H groups in total. The van der Waals surface area contributed by atoms with Gasteiger partial charge in [-0.15, -0.1) is 12.4 Å².